The molecule has 0 unspecified atom stereocenters. The molecule has 0 bridgehead atoms. The maximum absolute atomic E-state index is 15.4. The van der Waals surface area contributed by atoms with Crippen molar-refractivity contribution in [1.29, 1.82) is 0 Å². The molecule has 1 amide bonds. The first-order valence-electron chi connectivity index (χ1n) is 15.6. The van der Waals surface area contributed by atoms with Gasteiger partial charge in [0.15, 0.2) is 5.82 Å². The number of tetrazole rings is 1. The third-order valence-corrected chi connectivity index (χ3v) is 11.9. The Kier molecular flexibility index (Phi) is 8.71. The van der Waals surface area contributed by atoms with Crippen LogP contribution < -0.4 is 4.31 Å². The van der Waals surface area contributed by atoms with Crippen molar-refractivity contribution in [1.82, 2.24) is 25.1 Å². The van der Waals surface area contributed by atoms with Gasteiger partial charge in [0.25, 0.3) is 5.91 Å². The van der Waals surface area contributed by atoms with Gasteiger partial charge >= 0.3 is 0 Å². The van der Waals surface area contributed by atoms with Gasteiger partial charge in [0, 0.05) is 23.5 Å². The zero-order chi connectivity index (χ0) is 32.9. The Morgan fingerprint density at radius 2 is 1.72 bits per heavy atom. The Balaban J connectivity index is 1.38. The van der Waals surface area contributed by atoms with Gasteiger partial charge in [-0.25, -0.2) is 17.5 Å². The topological polar surface area (TPSA) is 111 Å². The Bertz CT molecular complexity index is 1890. The van der Waals surface area contributed by atoms with Gasteiger partial charge < -0.3 is 9.64 Å². The molecule has 2 saturated carbocycles. The number of hydrogen-bond donors (Lipinski definition) is 0. The smallest absolute Gasteiger partial charge is 0.253 e. The number of morpholine rings is 1. The van der Waals surface area contributed by atoms with E-state index in [0.29, 0.717) is 28.7 Å². The Morgan fingerprint density at radius 1 is 0.979 bits per heavy atom. The number of carbonyl (C=O) groups is 1. The molecule has 4 atom stereocenters. The van der Waals surface area contributed by atoms with Crippen molar-refractivity contribution < 1.29 is 22.3 Å². The lowest BCUT2D eigenvalue weighted by atomic mass is 9.89. The van der Waals surface area contributed by atoms with Crippen LogP contribution in [0.5, 0.6) is 0 Å². The average molecular weight is 700 g/mol. The van der Waals surface area contributed by atoms with Gasteiger partial charge in [0.05, 0.1) is 29.6 Å². The fourth-order valence-corrected chi connectivity index (χ4v) is 8.64. The second-order valence-corrected chi connectivity index (χ2v) is 15.4. The van der Waals surface area contributed by atoms with Crippen LogP contribution in [-0.2, 0) is 33.0 Å². The number of anilines is 1. The van der Waals surface area contributed by atoms with Gasteiger partial charge in [-0.05, 0) is 89.6 Å². The van der Waals surface area contributed by atoms with Crippen LogP contribution in [0.25, 0.3) is 0 Å². The first kappa shape index (κ1) is 32.0. The van der Waals surface area contributed by atoms with Crippen molar-refractivity contribution in [3.63, 3.8) is 0 Å². The van der Waals surface area contributed by atoms with E-state index in [1.165, 1.54) is 27.2 Å². The summed E-state index contributed by atoms with van der Waals surface area (Å²) in [6, 6.07) is 19.1. The summed E-state index contributed by atoms with van der Waals surface area (Å²) >= 11 is 12.8. The van der Waals surface area contributed by atoms with Gasteiger partial charge in [-0.3, -0.25) is 9.10 Å². The molecule has 3 fully saturated rings. The highest BCUT2D eigenvalue weighted by atomic mass is 35.5. The maximum Gasteiger partial charge on any atom is 0.253 e. The number of aryl methyl sites for hydroxylation is 1. The quantitative estimate of drug-likeness (QED) is 0.198. The molecule has 1 aliphatic heterocycles. The summed E-state index contributed by atoms with van der Waals surface area (Å²) in [7, 11) is -2.23. The molecule has 10 nitrogen and oxygen atoms in total. The zero-order valence-electron chi connectivity index (χ0n) is 25.5. The van der Waals surface area contributed by atoms with E-state index >= 15 is 4.39 Å². The minimum atomic E-state index is -3.92. The Morgan fingerprint density at radius 3 is 2.36 bits per heavy atom. The van der Waals surface area contributed by atoms with Gasteiger partial charge in [0.2, 0.25) is 10.0 Å². The van der Waals surface area contributed by atoms with Crippen LogP contribution >= 0.6 is 23.2 Å². The first-order chi connectivity index (χ1) is 22.6. The van der Waals surface area contributed by atoms with Crippen molar-refractivity contribution in [2.45, 2.75) is 61.6 Å². The number of amides is 1. The summed E-state index contributed by atoms with van der Waals surface area (Å²) in [5.41, 5.74) is 1.46. The van der Waals surface area contributed by atoms with Gasteiger partial charge in [-0.15, -0.1) is 5.10 Å². The molecular weight excluding hydrogens is 666 g/mol. The average Bonchev–Trinajstić information content (AvgIpc) is 3.98. The van der Waals surface area contributed by atoms with Crippen molar-refractivity contribution >= 4 is 44.8 Å². The standard InChI is InChI=1S/C33H33Cl2FN6O4S/c1-40-30(37-38-39-40)18-29-33(43)42(31(21-11-13-23(34)14-12-21)32(46-29)22-5-4-6-24(35)17-22)28(20-9-10-20)19-41(47(44,45)25-15-16-25)27-8-3-2-7-26(27)36/h2-8,11-14,17,20,25,28-29,31-32H,9-10,15-16,18-19H2,1H3/t28-,29+,31+,32+/m0/s1. The third-order valence-electron chi connectivity index (χ3n) is 9.14. The van der Waals surface area contributed by atoms with E-state index in [2.05, 4.69) is 15.5 Å². The number of sulfonamides is 1. The molecule has 2 aliphatic carbocycles. The van der Waals surface area contributed by atoms with Crippen LogP contribution in [0.3, 0.4) is 0 Å². The molecule has 0 radical (unpaired) electrons. The number of halogens is 3. The molecule has 7 rings (SSSR count). The van der Waals surface area contributed by atoms with Crippen molar-refractivity contribution in [2.75, 3.05) is 10.8 Å². The molecule has 14 heteroatoms. The number of carbonyl (C=O) groups excluding carboxylic acids is 1. The van der Waals surface area contributed by atoms with E-state index in [4.69, 9.17) is 27.9 Å². The van der Waals surface area contributed by atoms with Crippen LogP contribution in [0.4, 0.5) is 10.1 Å². The van der Waals surface area contributed by atoms with Crippen LogP contribution in [0.15, 0.2) is 72.8 Å². The van der Waals surface area contributed by atoms with Gasteiger partial charge in [-0.1, -0.05) is 59.6 Å². The summed E-state index contributed by atoms with van der Waals surface area (Å²) in [5.74, 6) is -0.545. The monoisotopic (exact) mass is 698 g/mol. The summed E-state index contributed by atoms with van der Waals surface area (Å²) in [6.07, 6.45) is 0.968. The number of rotatable bonds is 11. The molecule has 47 heavy (non-hydrogen) atoms. The fraction of sp³-hybridized carbons (Fsp3) is 0.394. The molecular formula is C33H33Cl2FN6O4S. The van der Waals surface area contributed by atoms with E-state index in [0.717, 1.165) is 24.0 Å². The first-order valence-corrected chi connectivity index (χ1v) is 17.8. The van der Waals surface area contributed by atoms with Gasteiger partial charge in [0.1, 0.15) is 18.0 Å². The summed E-state index contributed by atoms with van der Waals surface area (Å²) in [4.78, 5) is 16.6. The molecule has 0 N–H and O–H groups in total. The molecule has 2 heterocycles. The normalized spacial score (nSPS) is 22.3. The van der Waals surface area contributed by atoms with E-state index in [-0.39, 0.29) is 30.5 Å². The van der Waals surface area contributed by atoms with E-state index in [1.807, 2.05) is 24.3 Å². The largest absolute Gasteiger partial charge is 0.357 e. The van der Waals surface area contributed by atoms with Crippen molar-refractivity contribution in [3.05, 3.63) is 106 Å². The SMILES string of the molecule is Cn1nnnc1C[C@H]1O[C@H](c2cccc(Cl)c2)[C@@H](c2ccc(Cl)cc2)N([C@@H](CN(c2ccccc2F)S(=O)(=O)C2CC2)C2CC2)C1=O. The number of nitrogens with zero attached hydrogens (tertiary/aromatic N) is 6. The predicted molar refractivity (Wildman–Crippen MR) is 175 cm³/mol. The van der Waals surface area contributed by atoms with Crippen LogP contribution in [0, 0.1) is 11.7 Å². The van der Waals surface area contributed by atoms with E-state index in [9.17, 15) is 13.2 Å². The molecule has 1 saturated heterocycles. The minimum absolute atomic E-state index is 0.0207. The molecule has 3 aromatic carbocycles. The number of ether oxygens (including phenoxy) is 1. The lowest BCUT2D eigenvalue weighted by Gasteiger charge is -2.49. The summed E-state index contributed by atoms with van der Waals surface area (Å²) in [6.45, 7) is -0.110. The highest BCUT2D eigenvalue weighted by Gasteiger charge is 2.52. The van der Waals surface area contributed by atoms with Crippen molar-refractivity contribution in [2.24, 2.45) is 13.0 Å². The fourth-order valence-electron chi connectivity index (χ4n) is 6.44. The predicted octanol–water partition coefficient (Wildman–Crippen LogP) is 5.69. The minimum Gasteiger partial charge on any atom is -0.357 e. The number of hydrogen-bond acceptors (Lipinski definition) is 7. The molecule has 0 spiro atoms. The number of para-hydroxylation sites is 1. The van der Waals surface area contributed by atoms with Crippen LogP contribution in [-0.4, -0.2) is 63.4 Å². The number of benzene rings is 3. The lowest BCUT2D eigenvalue weighted by Crippen LogP contribution is -2.59. The van der Waals surface area contributed by atoms with Gasteiger partial charge in [-0.2, -0.15) is 0 Å². The van der Waals surface area contributed by atoms with Crippen LogP contribution in [0.1, 0.15) is 54.8 Å². The number of aromatic nitrogens is 4. The Hall–Kier alpha value is -3.58. The lowest BCUT2D eigenvalue weighted by molar-refractivity contribution is -0.180. The molecule has 1 aromatic heterocycles. The van der Waals surface area contributed by atoms with E-state index in [1.54, 1.807) is 42.3 Å². The third kappa shape index (κ3) is 6.48. The summed E-state index contributed by atoms with van der Waals surface area (Å²) < 4.78 is 52.8. The molecule has 246 valence electrons. The second-order valence-electron chi connectivity index (χ2n) is 12.4. The Labute approximate surface area is 282 Å². The second kappa shape index (κ2) is 12.8. The highest BCUT2D eigenvalue weighted by molar-refractivity contribution is 7.93. The molecule has 4 aromatic rings. The maximum atomic E-state index is 15.4. The summed E-state index contributed by atoms with van der Waals surface area (Å²) in [5, 5.41) is 12.2. The van der Waals surface area contributed by atoms with Crippen molar-refractivity contribution in [3.8, 4) is 0 Å². The zero-order valence-corrected chi connectivity index (χ0v) is 27.8. The van der Waals surface area contributed by atoms with E-state index < -0.39 is 45.4 Å². The highest BCUT2D eigenvalue weighted by Crippen LogP contribution is 2.49. The molecule has 3 aliphatic rings. The van der Waals surface area contributed by atoms with Crippen LogP contribution in [0.2, 0.25) is 10.0 Å².